The molecule has 0 aliphatic carbocycles. The summed E-state index contributed by atoms with van der Waals surface area (Å²) in [5, 5.41) is 1.82. The number of hydrogen-bond donors (Lipinski definition) is 0. The first-order valence-corrected chi connectivity index (χ1v) is 12.9. The van der Waals surface area contributed by atoms with Crippen molar-refractivity contribution in [2.75, 3.05) is 7.11 Å². The van der Waals surface area contributed by atoms with Gasteiger partial charge in [-0.3, -0.25) is 14.5 Å². The quantitative estimate of drug-likeness (QED) is 0.139. The zero-order valence-corrected chi connectivity index (χ0v) is 22.0. The van der Waals surface area contributed by atoms with Crippen molar-refractivity contribution in [3.63, 3.8) is 0 Å². The second kappa shape index (κ2) is 10.6. The number of amides is 2. The normalized spacial score (nSPS) is 14.4. The third kappa shape index (κ3) is 5.30. The van der Waals surface area contributed by atoms with Gasteiger partial charge in [-0.25, -0.2) is 4.79 Å². The van der Waals surface area contributed by atoms with Crippen LogP contribution in [0.3, 0.4) is 0 Å². The van der Waals surface area contributed by atoms with Gasteiger partial charge >= 0.3 is 5.97 Å². The maximum atomic E-state index is 13.1. The predicted molar refractivity (Wildman–Crippen MR) is 148 cm³/mol. The van der Waals surface area contributed by atoms with Gasteiger partial charge in [-0.2, -0.15) is 0 Å². The summed E-state index contributed by atoms with van der Waals surface area (Å²) in [6.45, 7) is 0.195. The van der Waals surface area contributed by atoms with Crippen LogP contribution in [0.2, 0.25) is 0 Å². The molecule has 1 saturated heterocycles. The SMILES string of the molecule is COc1cc(/C=C2\SC(=O)N(Cc3ccc4ccccc4c3)C2=O)ccc1OC(=O)c1ccccc1Br. The highest BCUT2D eigenvalue weighted by Crippen LogP contribution is 2.36. The number of imide groups is 1. The van der Waals surface area contributed by atoms with Crippen LogP contribution < -0.4 is 9.47 Å². The molecule has 8 heteroatoms. The Morgan fingerprint density at radius 1 is 0.919 bits per heavy atom. The molecule has 0 spiro atoms. The minimum Gasteiger partial charge on any atom is -0.493 e. The zero-order valence-electron chi connectivity index (χ0n) is 19.6. The molecule has 6 nitrogen and oxygen atoms in total. The molecule has 4 aromatic carbocycles. The molecule has 37 heavy (non-hydrogen) atoms. The lowest BCUT2D eigenvalue weighted by molar-refractivity contribution is -0.123. The summed E-state index contributed by atoms with van der Waals surface area (Å²) >= 11 is 4.24. The van der Waals surface area contributed by atoms with Crippen LogP contribution in [0.5, 0.6) is 11.5 Å². The van der Waals surface area contributed by atoms with E-state index in [1.54, 1.807) is 48.5 Å². The first-order chi connectivity index (χ1) is 17.9. The number of halogens is 1. The number of fused-ring (bicyclic) bond motifs is 1. The molecule has 0 aromatic heterocycles. The largest absolute Gasteiger partial charge is 0.493 e. The summed E-state index contributed by atoms with van der Waals surface area (Å²) in [5.41, 5.74) is 1.89. The zero-order chi connectivity index (χ0) is 25.9. The highest BCUT2D eigenvalue weighted by atomic mass is 79.9. The number of thioether (sulfide) groups is 1. The Morgan fingerprint density at radius 2 is 1.68 bits per heavy atom. The van der Waals surface area contributed by atoms with Crippen molar-refractivity contribution in [1.29, 1.82) is 0 Å². The van der Waals surface area contributed by atoms with Crippen LogP contribution >= 0.6 is 27.7 Å². The maximum absolute atomic E-state index is 13.1. The molecule has 0 saturated carbocycles. The van der Waals surface area contributed by atoms with Crippen molar-refractivity contribution in [2.24, 2.45) is 0 Å². The molecule has 0 atom stereocenters. The molecule has 0 N–H and O–H groups in total. The lowest BCUT2D eigenvalue weighted by atomic mass is 10.1. The van der Waals surface area contributed by atoms with E-state index in [9.17, 15) is 14.4 Å². The van der Waals surface area contributed by atoms with Crippen LogP contribution in [-0.4, -0.2) is 29.1 Å². The average molecular weight is 574 g/mol. The Balaban J connectivity index is 1.34. The molecule has 0 unspecified atom stereocenters. The fourth-order valence-electron chi connectivity index (χ4n) is 3.95. The molecular weight excluding hydrogens is 554 g/mol. The van der Waals surface area contributed by atoms with E-state index in [0.29, 0.717) is 26.3 Å². The van der Waals surface area contributed by atoms with Crippen LogP contribution in [0.1, 0.15) is 21.5 Å². The first kappa shape index (κ1) is 24.8. The minimum absolute atomic E-state index is 0.195. The topological polar surface area (TPSA) is 72.9 Å². The second-order valence-electron chi connectivity index (χ2n) is 8.23. The molecule has 1 fully saturated rings. The fourth-order valence-corrected chi connectivity index (χ4v) is 5.23. The van der Waals surface area contributed by atoms with Gasteiger partial charge in [0, 0.05) is 4.47 Å². The smallest absolute Gasteiger partial charge is 0.344 e. The van der Waals surface area contributed by atoms with E-state index >= 15 is 0 Å². The Kier molecular flexibility index (Phi) is 7.12. The molecule has 4 aromatic rings. The van der Waals surface area contributed by atoms with Crippen LogP contribution in [-0.2, 0) is 11.3 Å². The molecular formula is C29H20BrNO5S. The molecule has 2 amide bonds. The van der Waals surface area contributed by atoms with Gasteiger partial charge in [0.15, 0.2) is 11.5 Å². The van der Waals surface area contributed by atoms with Crippen LogP contribution in [0.4, 0.5) is 4.79 Å². The highest BCUT2D eigenvalue weighted by Gasteiger charge is 2.35. The molecule has 1 heterocycles. The van der Waals surface area contributed by atoms with Gasteiger partial charge in [-0.05, 0) is 86.0 Å². The van der Waals surface area contributed by atoms with Crippen molar-refractivity contribution >= 4 is 61.7 Å². The predicted octanol–water partition coefficient (Wildman–Crippen LogP) is 7.07. The van der Waals surface area contributed by atoms with Gasteiger partial charge in [0.1, 0.15) is 0 Å². The van der Waals surface area contributed by atoms with E-state index in [-0.39, 0.29) is 23.4 Å². The van der Waals surface area contributed by atoms with Gasteiger partial charge < -0.3 is 9.47 Å². The Labute approximate surface area is 226 Å². The highest BCUT2D eigenvalue weighted by molar-refractivity contribution is 9.10. The maximum Gasteiger partial charge on any atom is 0.344 e. The lowest BCUT2D eigenvalue weighted by Crippen LogP contribution is -2.27. The van der Waals surface area contributed by atoms with Crippen molar-refractivity contribution in [3.8, 4) is 11.5 Å². The number of benzene rings is 4. The summed E-state index contributed by atoms with van der Waals surface area (Å²) in [6.07, 6.45) is 1.63. The van der Waals surface area contributed by atoms with E-state index in [1.165, 1.54) is 12.0 Å². The molecule has 1 aliphatic heterocycles. The Morgan fingerprint density at radius 3 is 2.46 bits per heavy atom. The number of carbonyl (C=O) groups excluding carboxylic acids is 3. The third-order valence-electron chi connectivity index (χ3n) is 5.81. The van der Waals surface area contributed by atoms with E-state index in [4.69, 9.17) is 9.47 Å². The van der Waals surface area contributed by atoms with Gasteiger partial charge in [0.25, 0.3) is 11.1 Å². The molecule has 0 radical (unpaired) electrons. The van der Waals surface area contributed by atoms with Crippen LogP contribution in [0, 0.1) is 0 Å². The van der Waals surface area contributed by atoms with Gasteiger partial charge in [-0.15, -0.1) is 0 Å². The number of ether oxygens (including phenoxy) is 2. The molecule has 5 rings (SSSR count). The van der Waals surface area contributed by atoms with Crippen molar-refractivity contribution < 1.29 is 23.9 Å². The van der Waals surface area contributed by atoms with Crippen molar-refractivity contribution in [1.82, 2.24) is 4.90 Å². The standard InChI is InChI=1S/C29H20BrNO5S/c1-35-25-15-18(11-13-24(25)36-28(33)22-8-4-5-9-23(22)30)16-26-27(32)31(29(34)37-26)17-19-10-12-20-6-2-3-7-21(20)14-19/h2-16H,17H2,1H3/b26-16-. The van der Waals surface area contributed by atoms with Crippen LogP contribution in [0.15, 0.2) is 94.3 Å². The van der Waals surface area contributed by atoms with E-state index in [0.717, 1.165) is 28.1 Å². The summed E-state index contributed by atoms with van der Waals surface area (Å²) in [6, 6.07) is 25.7. The van der Waals surface area contributed by atoms with Gasteiger partial charge in [0.05, 0.1) is 24.1 Å². The average Bonchev–Trinajstić information content (AvgIpc) is 3.16. The first-order valence-electron chi connectivity index (χ1n) is 11.3. The van der Waals surface area contributed by atoms with Crippen molar-refractivity contribution in [2.45, 2.75) is 6.54 Å². The van der Waals surface area contributed by atoms with E-state index in [1.807, 2.05) is 42.5 Å². The van der Waals surface area contributed by atoms with Crippen molar-refractivity contribution in [3.05, 3.63) is 111 Å². The van der Waals surface area contributed by atoms with Gasteiger partial charge in [0.2, 0.25) is 0 Å². The molecule has 1 aliphatic rings. The molecule has 0 bridgehead atoms. The number of carbonyl (C=O) groups is 3. The number of hydrogen-bond acceptors (Lipinski definition) is 6. The fraction of sp³-hybridized carbons (Fsp3) is 0.0690. The second-order valence-corrected chi connectivity index (χ2v) is 10.1. The monoisotopic (exact) mass is 573 g/mol. The number of esters is 1. The van der Waals surface area contributed by atoms with E-state index in [2.05, 4.69) is 15.9 Å². The summed E-state index contributed by atoms with van der Waals surface area (Å²) in [4.78, 5) is 39.9. The lowest BCUT2D eigenvalue weighted by Gasteiger charge is -2.13. The summed E-state index contributed by atoms with van der Waals surface area (Å²) in [5.74, 6) is -0.325. The Hall–Kier alpha value is -3.88. The molecule has 184 valence electrons. The Bertz CT molecular complexity index is 1580. The number of nitrogens with zero attached hydrogens (tertiary/aromatic N) is 1. The van der Waals surface area contributed by atoms with Gasteiger partial charge in [-0.1, -0.05) is 54.6 Å². The summed E-state index contributed by atoms with van der Waals surface area (Å²) < 4.78 is 11.6. The third-order valence-corrected chi connectivity index (χ3v) is 7.41. The summed E-state index contributed by atoms with van der Waals surface area (Å²) in [7, 11) is 1.46. The number of methoxy groups -OCH3 is 1. The van der Waals surface area contributed by atoms with E-state index < -0.39 is 5.97 Å². The number of rotatable bonds is 6. The minimum atomic E-state index is -0.534. The van der Waals surface area contributed by atoms with Crippen LogP contribution in [0.25, 0.3) is 16.8 Å².